The van der Waals surface area contributed by atoms with Gasteiger partial charge in [0.2, 0.25) is 6.54 Å². The van der Waals surface area contributed by atoms with Gasteiger partial charge >= 0.3 is 0 Å². The Balaban J connectivity index is 2.92. The van der Waals surface area contributed by atoms with E-state index in [-0.39, 0.29) is 17.4 Å². The van der Waals surface area contributed by atoms with Crippen molar-refractivity contribution in [3.05, 3.63) is 57.6 Å². The highest BCUT2D eigenvalue weighted by Crippen LogP contribution is 2.27. The Morgan fingerprint density at radius 3 is 2.73 bits per heavy atom. The van der Waals surface area contributed by atoms with Crippen LogP contribution in [0.4, 0.5) is 0 Å². The van der Waals surface area contributed by atoms with Gasteiger partial charge in [-0.1, -0.05) is 35.9 Å². The molecule has 0 aliphatic carbocycles. The van der Waals surface area contributed by atoms with Crippen molar-refractivity contribution in [3.8, 4) is 0 Å². The van der Waals surface area contributed by atoms with Gasteiger partial charge in [0.1, 0.15) is 0 Å². The molecule has 1 atom stereocenters. The largest absolute Gasteiger partial charge is 0.265 e. The van der Waals surface area contributed by atoms with Gasteiger partial charge in [-0.05, 0) is 18.1 Å². The molecule has 0 aromatic heterocycles. The SMILES string of the molecule is C=CCC(C[N+](=O)[O-])c1ccccc1Cl. The molecule has 0 aliphatic rings. The van der Waals surface area contributed by atoms with Gasteiger partial charge < -0.3 is 0 Å². The van der Waals surface area contributed by atoms with Crippen LogP contribution < -0.4 is 0 Å². The van der Waals surface area contributed by atoms with E-state index in [0.717, 1.165) is 5.56 Å². The minimum absolute atomic E-state index is 0.115. The summed E-state index contributed by atoms with van der Waals surface area (Å²) in [4.78, 5) is 10.2. The van der Waals surface area contributed by atoms with Gasteiger partial charge in [0.15, 0.2) is 0 Å². The van der Waals surface area contributed by atoms with E-state index in [1.165, 1.54) is 0 Å². The van der Waals surface area contributed by atoms with Crippen LogP contribution in [-0.4, -0.2) is 11.5 Å². The van der Waals surface area contributed by atoms with Crippen LogP contribution >= 0.6 is 11.6 Å². The smallest absolute Gasteiger partial charge is 0.211 e. The summed E-state index contributed by atoms with van der Waals surface area (Å²) < 4.78 is 0. The first kappa shape index (κ1) is 11.7. The van der Waals surface area contributed by atoms with Crippen molar-refractivity contribution in [1.29, 1.82) is 0 Å². The Hall–Kier alpha value is -1.35. The average molecular weight is 226 g/mol. The number of hydrogen-bond acceptors (Lipinski definition) is 2. The zero-order chi connectivity index (χ0) is 11.3. The maximum atomic E-state index is 10.5. The maximum absolute atomic E-state index is 10.5. The van der Waals surface area contributed by atoms with Gasteiger partial charge in [-0.25, -0.2) is 0 Å². The summed E-state index contributed by atoms with van der Waals surface area (Å²) >= 11 is 5.98. The molecule has 3 nitrogen and oxygen atoms in total. The van der Waals surface area contributed by atoms with E-state index in [9.17, 15) is 10.1 Å². The Kier molecular flexibility index (Phi) is 4.31. The molecule has 15 heavy (non-hydrogen) atoms. The molecule has 4 heteroatoms. The molecule has 0 aliphatic heterocycles. The highest BCUT2D eigenvalue weighted by atomic mass is 35.5. The number of nitrogens with zero attached hydrogens (tertiary/aromatic N) is 1. The van der Waals surface area contributed by atoms with Crippen LogP contribution in [-0.2, 0) is 0 Å². The van der Waals surface area contributed by atoms with Crippen molar-refractivity contribution in [2.24, 2.45) is 0 Å². The fourth-order valence-electron chi connectivity index (χ4n) is 1.49. The molecule has 0 N–H and O–H groups in total. The van der Waals surface area contributed by atoms with Crippen molar-refractivity contribution < 1.29 is 4.92 Å². The van der Waals surface area contributed by atoms with Crippen LogP contribution in [0.1, 0.15) is 17.9 Å². The molecule has 1 rings (SSSR count). The second kappa shape index (κ2) is 5.51. The summed E-state index contributed by atoms with van der Waals surface area (Å²) in [6.07, 6.45) is 2.24. The number of allylic oxidation sites excluding steroid dienone is 1. The van der Waals surface area contributed by atoms with Crippen molar-refractivity contribution in [2.45, 2.75) is 12.3 Å². The van der Waals surface area contributed by atoms with Gasteiger partial charge in [-0.3, -0.25) is 10.1 Å². The van der Waals surface area contributed by atoms with Crippen LogP contribution in [0, 0.1) is 10.1 Å². The molecule has 80 valence electrons. The first-order valence-corrected chi connectivity index (χ1v) is 5.00. The minimum atomic E-state index is -0.322. The Bertz CT molecular complexity index is 365. The first-order chi connectivity index (χ1) is 7.15. The summed E-state index contributed by atoms with van der Waals surface area (Å²) in [7, 11) is 0. The molecule has 1 aromatic rings. The molecule has 0 saturated carbocycles. The molecule has 1 unspecified atom stereocenters. The molecule has 0 bridgehead atoms. The third kappa shape index (κ3) is 3.36. The number of hydrogen-bond donors (Lipinski definition) is 0. The standard InChI is InChI=1S/C11H12ClNO2/c1-2-5-9(8-13(14)15)10-6-3-4-7-11(10)12/h2-4,6-7,9H,1,5,8H2. The average Bonchev–Trinajstić information content (AvgIpc) is 2.17. The molecular formula is C11H12ClNO2. The zero-order valence-corrected chi connectivity index (χ0v) is 8.98. The van der Waals surface area contributed by atoms with Crippen molar-refractivity contribution in [1.82, 2.24) is 0 Å². The lowest BCUT2D eigenvalue weighted by Gasteiger charge is -2.12. The van der Waals surface area contributed by atoms with E-state index in [1.807, 2.05) is 18.2 Å². The van der Waals surface area contributed by atoms with E-state index < -0.39 is 0 Å². The molecule has 0 saturated heterocycles. The lowest BCUT2D eigenvalue weighted by molar-refractivity contribution is -0.483. The topological polar surface area (TPSA) is 43.1 Å². The summed E-state index contributed by atoms with van der Waals surface area (Å²) in [6, 6.07) is 7.20. The fraction of sp³-hybridized carbons (Fsp3) is 0.273. The molecule has 0 fully saturated rings. The van der Waals surface area contributed by atoms with Crippen LogP contribution in [0.25, 0.3) is 0 Å². The molecule has 1 aromatic carbocycles. The predicted molar refractivity (Wildman–Crippen MR) is 60.9 cm³/mol. The lowest BCUT2D eigenvalue weighted by atomic mass is 9.96. The van der Waals surface area contributed by atoms with E-state index >= 15 is 0 Å². The van der Waals surface area contributed by atoms with Crippen LogP contribution in [0.3, 0.4) is 0 Å². The molecular weight excluding hydrogens is 214 g/mol. The summed E-state index contributed by atoms with van der Waals surface area (Å²) in [6.45, 7) is 3.48. The first-order valence-electron chi connectivity index (χ1n) is 4.62. The Morgan fingerprint density at radius 1 is 1.53 bits per heavy atom. The molecule has 0 amide bonds. The lowest BCUT2D eigenvalue weighted by Crippen LogP contribution is -2.12. The van der Waals surface area contributed by atoms with Crippen molar-refractivity contribution >= 4 is 11.6 Å². The van der Waals surface area contributed by atoms with Crippen LogP contribution in [0.5, 0.6) is 0 Å². The summed E-state index contributed by atoms with van der Waals surface area (Å²) in [5.74, 6) is -0.189. The van der Waals surface area contributed by atoms with Crippen molar-refractivity contribution in [3.63, 3.8) is 0 Å². The highest BCUT2D eigenvalue weighted by molar-refractivity contribution is 6.31. The van der Waals surface area contributed by atoms with E-state index in [1.54, 1.807) is 12.1 Å². The third-order valence-corrected chi connectivity index (χ3v) is 2.51. The highest BCUT2D eigenvalue weighted by Gasteiger charge is 2.18. The monoisotopic (exact) mass is 225 g/mol. The normalized spacial score (nSPS) is 12.1. The number of rotatable bonds is 5. The second-order valence-corrected chi connectivity index (χ2v) is 3.67. The number of halogens is 1. The minimum Gasteiger partial charge on any atom is -0.265 e. The molecule has 0 spiro atoms. The third-order valence-electron chi connectivity index (χ3n) is 2.17. The Morgan fingerprint density at radius 2 is 2.20 bits per heavy atom. The van der Waals surface area contributed by atoms with Gasteiger partial charge in [0, 0.05) is 9.95 Å². The van der Waals surface area contributed by atoms with Gasteiger partial charge in [-0.15, -0.1) is 6.58 Å². The van der Waals surface area contributed by atoms with Crippen LogP contribution in [0.2, 0.25) is 5.02 Å². The quantitative estimate of drug-likeness (QED) is 0.439. The molecule has 0 heterocycles. The van der Waals surface area contributed by atoms with Gasteiger partial charge in [-0.2, -0.15) is 0 Å². The van der Waals surface area contributed by atoms with E-state index in [4.69, 9.17) is 11.6 Å². The van der Waals surface area contributed by atoms with E-state index in [2.05, 4.69) is 6.58 Å². The van der Waals surface area contributed by atoms with Gasteiger partial charge in [0.25, 0.3) is 0 Å². The maximum Gasteiger partial charge on any atom is 0.211 e. The summed E-state index contributed by atoms with van der Waals surface area (Å²) in [5.41, 5.74) is 0.816. The van der Waals surface area contributed by atoms with Gasteiger partial charge in [0.05, 0.1) is 5.92 Å². The van der Waals surface area contributed by atoms with Crippen LogP contribution in [0.15, 0.2) is 36.9 Å². The zero-order valence-electron chi connectivity index (χ0n) is 8.23. The number of nitro groups is 1. The number of benzene rings is 1. The molecule has 0 radical (unpaired) electrons. The van der Waals surface area contributed by atoms with E-state index in [0.29, 0.717) is 11.4 Å². The summed E-state index contributed by atoms with van der Waals surface area (Å²) in [5, 5.41) is 11.1. The fourth-order valence-corrected chi connectivity index (χ4v) is 1.78. The van der Waals surface area contributed by atoms with Crippen molar-refractivity contribution in [2.75, 3.05) is 6.54 Å². The second-order valence-electron chi connectivity index (χ2n) is 3.26. The predicted octanol–water partition coefficient (Wildman–Crippen LogP) is 3.28. The Labute approximate surface area is 93.5 Å².